The van der Waals surface area contributed by atoms with Crippen LogP contribution in [-0.2, 0) is 22.4 Å². The summed E-state index contributed by atoms with van der Waals surface area (Å²) in [6, 6.07) is 17.5. The average Bonchev–Trinajstić information content (AvgIpc) is 3.58. The van der Waals surface area contributed by atoms with Crippen molar-refractivity contribution < 1.29 is 14.4 Å². The van der Waals surface area contributed by atoms with E-state index in [0.29, 0.717) is 31.4 Å². The first-order chi connectivity index (χ1) is 17.1. The highest BCUT2D eigenvalue weighted by Gasteiger charge is 2.48. The van der Waals surface area contributed by atoms with Gasteiger partial charge in [-0.1, -0.05) is 48.5 Å². The van der Waals surface area contributed by atoms with Crippen LogP contribution < -0.4 is 5.32 Å². The number of nitrogens with zero attached hydrogens (tertiary/aromatic N) is 3. The fraction of sp³-hybridized carbons (Fsp3) is 0.333. The van der Waals surface area contributed by atoms with Crippen LogP contribution in [0.2, 0.25) is 0 Å². The van der Waals surface area contributed by atoms with Crippen LogP contribution in [0.25, 0.3) is 0 Å². The van der Waals surface area contributed by atoms with E-state index in [4.69, 9.17) is 0 Å². The molecule has 0 bridgehead atoms. The topological polar surface area (TPSA) is 98.4 Å². The van der Waals surface area contributed by atoms with E-state index in [9.17, 15) is 14.4 Å². The molecule has 5 rings (SSSR count). The van der Waals surface area contributed by atoms with Gasteiger partial charge in [-0.05, 0) is 37.0 Å². The Hall–Kier alpha value is -3.94. The van der Waals surface area contributed by atoms with Gasteiger partial charge in [0.25, 0.3) is 5.91 Å². The van der Waals surface area contributed by atoms with Gasteiger partial charge in [-0.2, -0.15) is 0 Å². The molecule has 3 heterocycles. The minimum absolute atomic E-state index is 0.0328. The Morgan fingerprint density at radius 1 is 1.06 bits per heavy atom. The largest absolute Gasteiger partial charge is 0.348 e. The van der Waals surface area contributed by atoms with Crippen LogP contribution in [0.5, 0.6) is 0 Å². The zero-order valence-corrected chi connectivity index (χ0v) is 19.5. The second kappa shape index (κ2) is 10.1. The van der Waals surface area contributed by atoms with Crippen molar-refractivity contribution in [3.05, 3.63) is 90.0 Å². The molecular weight excluding hydrogens is 442 g/mol. The lowest BCUT2D eigenvalue weighted by atomic mass is 9.98. The van der Waals surface area contributed by atoms with Gasteiger partial charge in [-0.25, -0.2) is 4.98 Å². The molecule has 3 amide bonds. The summed E-state index contributed by atoms with van der Waals surface area (Å²) in [4.78, 5) is 50.7. The van der Waals surface area contributed by atoms with Crippen molar-refractivity contribution in [1.29, 1.82) is 0 Å². The molecule has 0 saturated carbocycles. The summed E-state index contributed by atoms with van der Waals surface area (Å²) in [5.41, 5.74) is 2.41. The van der Waals surface area contributed by atoms with E-state index < -0.39 is 12.1 Å². The number of nitrogens with one attached hydrogen (secondary N) is 2. The Balaban J connectivity index is 1.43. The highest BCUT2D eigenvalue weighted by Crippen LogP contribution is 2.28. The molecule has 3 unspecified atom stereocenters. The number of imidazole rings is 1. The molecule has 1 aromatic heterocycles. The first-order valence-electron chi connectivity index (χ1n) is 12.1. The molecule has 35 heavy (non-hydrogen) atoms. The van der Waals surface area contributed by atoms with Crippen molar-refractivity contribution in [2.45, 2.75) is 43.8 Å². The van der Waals surface area contributed by atoms with Crippen LogP contribution in [0.15, 0.2) is 73.2 Å². The molecule has 2 aliphatic heterocycles. The highest BCUT2D eigenvalue weighted by molar-refractivity contribution is 5.98. The molecule has 3 aromatic rings. The van der Waals surface area contributed by atoms with Gasteiger partial charge in [-0.15, -0.1) is 0 Å². The molecule has 180 valence electrons. The predicted molar refractivity (Wildman–Crippen MR) is 130 cm³/mol. The number of aromatic nitrogens is 2. The summed E-state index contributed by atoms with van der Waals surface area (Å²) in [6.45, 7) is 0.863. The fourth-order valence-corrected chi connectivity index (χ4v) is 5.13. The highest BCUT2D eigenvalue weighted by atomic mass is 16.2. The summed E-state index contributed by atoms with van der Waals surface area (Å²) in [5.74, 6) is -0.275. The Labute approximate surface area is 204 Å². The number of fused-ring (bicyclic) bond motifs is 1. The van der Waals surface area contributed by atoms with Crippen LogP contribution in [0.3, 0.4) is 0 Å². The number of rotatable bonds is 8. The first-order valence-corrected chi connectivity index (χ1v) is 12.1. The van der Waals surface area contributed by atoms with Crippen molar-refractivity contribution in [2.75, 3.05) is 13.1 Å². The smallest absolute Gasteiger partial charge is 0.251 e. The quantitative estimate of drug-likeness (QED) is 0.526. The second-order valence-corrected chi connectivity index (χ2v) is 9.20. The Morgan fingerprint density at radius 3 is 2.51 bits per heavy atom. The Kier molecular flexibility index (Phi) is 6.61. The lowest BCUT2D eigenvalue weighted by Gasteiger charge is -2.43. The minimum atomic E-state index is -0.635. The van der Waals surface area contributed by atoms with Crippen LogP contribution >= 0.6 is 0 Å². The van der Waals surface area contributed by atoms with Crippen molar-refractivity contribution in [2.24, 2.45) is 0 Å². The first kappa shape index (κ1) is 22.8. The average molecular weight is 472 g/mol. The molecule has 2 saturated heterocycles. The summed E-state index contributed by atoms with van der Waals surface area (Å²) < 4.78 is 0. The van der Waals surface area contributed by atoms with Crippen molar-refractivity contribution in [3.8, 4) is 0 Å². The zero-order valence-electron chi connectivity index (χ0n) is 19.5. The maximum atomic E-state index is 13.6. The molecule has 3 atom stereocenters. The Bertz CT molecular complexity index is 1170. The van der Waals surface area contributed by atoms with Crippen LogP contribution in [0.4, 0.5) is 0 Å². The molecule has 0 aliphatic carbocycles. The third kappa shape index (κ3) is 4.96. The monoisotopic (exact) mass is 471 g/mol. The van der Waals surface area contributed by atoms with E-state index in [1.807, 2.05) is 48.5 Å². The van der Waals surface area contributed by atoms with Crippen LogP contribution in [0.1, 0.15) is 34.5 Å². The molecule has 2 aliphatic rings. The molecule has 8 nitrogen and oxygen atoms in total. The number of aromatic amines is 1. The van der Waals surface area contributed by atoms with Gasteiger partial charge in [-0.3, -0.25) is 14.4 Å². The van der Waals surface area contributed by atoms with Gasteiger partial charge < -0.3 is 20.1 Å². The summed E-state index contributed by atoms with van der Waals surface area (Å²) >= 11 is 0. The van der Waals surface area contributed by atoms with E-state index in [-0.39, 0.29) is 30.3 Å². The SMILES string of the molecule is O=C(NC(Cc1ccccc1)CN1C(=O)C2CCCN2C(=O)C1Cc1cnc[nH]1)c1ccccc1. The van der Waals surface area contributed by atoms with Crippen molar-refractivity contribution >= 4 is 17.7 Å². The number of hydrogen-bond donors (Lipinski definition) is 2. The summed E-state index contributed by atoms with van der Waals surface area (Å²) in [7, 11) is 0. The lowest BCUT2D eigenvalue weighted by molar-refractivity contribution is -0.159. The molecule has 2 N–H and O–H groups in total. The standard InChI is InChI=1S/C27H29N5O3/c33-25(20-10-5-2-6-11-20)30-22(14-19-8-3-1-4-9-19)17-32-24(15-21-16-28-18-29-21)27(35)31-13-7-12-23(31)26(32)34/h1-6,8-11,16,18,22-24H,7,12-15,17H2,(H,28,29)(H,30,33). The van der Waals surface area contributed by atoms with Gasteiger partial charge in [0.05, 0.1) is 12.4 Å². The number of H-pyrrole nitrogens is 1. The fourth-order valence-electron chi connectivity index (χ4n) is 5.13. The number of piperazine rings is 1. The van der Waals surface area contributed by atoms with E-state index >= 15 is 0 Å². The van der Waals surface area contributed by atoms with Gasteiger partial charge in [0.15, 0.2) is 0 Å². The van der Waals surface area contributed by atoms with Gasteiger partial charge in [0.1, 0.15) is 12.1 Å². The number of carbonyl (C=O) groups excluding carboxylic acids is 3. The number of carbonyl (C=O) groups is 3. The lowest BCUT2D eigenvalue weighted by Crippen LogP contribution is -2.65. The molecule has 0 radical (unpaired) electrons. The van der Waals surface area contributed by atoms with Crippen molar-refractivity contribution in [3.63, 3.8) is 0 Å². The number of amides is 3. The maximum Gasteiger partial charge on any atom is 0.251 e. The molecular formula is C27H29N5O3. The van der Waals surface area contributed by atoms with E-state index in [1.54, 1.807) is 34.5 Å². The minimum Gasteiger partial charge on any atom is -0.348 e. The van der Waals surface area contributed by atoms with E-state index in [2.05, 4.69) is 15.3 Å². The summed E-state index contributed by atoms with van der Waals surface area (Å²) in [5, 5.41) is 3.13. The van der Waals surface area contributed by atoms with Crippen molar-refractivity contribution in [1.82, 2.24) is 25.1 Å². The van der Waals surface area contributed by atoms with Gasteiger partial charge in [0.2, 0.25) is 11.8 Å². The van der Waals surface area contributed by atoms with Gasteiger partial charge in [0, 0.05) is 37.0 Å². The molecule has 8 heteroatoms. The van der Waals surface area contributed by atoms with E-state index in [0.717, 1.165) is 17.7 Å². The Morgan fingerprint density at radius 2 is 1.80 bits per heavy atom. The summed E-state index contributed by atoms with van der Waals surface area (Å²) in [6.07, 6.45) is 5.67. The predicted octanol–water partition coefficient (Wildman–Crippen LogP) is 2.20. The van der Waals surface area contributed by atoms with E-state index in [1.165, 1.54) is 0 Å². The molecule has 0 spiro atoms. The maximum absolute atomic E-state index is 13.6. The van der Waals surface area contributed by atoms with Gasteiger partial charge >= 0.3 is 0 Å². The third-order valence-electron chi connectivity index (χ3n) is 6.85. The number of hydrogen-bond acceptors (Lipinski definition) is 4. The molecule has 2 fully saturated rings. The normalized spacial score (nSPS) is 20.6. The third-order valence-corrected chi connectivity index (χ3v) is 6.85. The second-order valence-electron chi connectivity index (χ2n) is 9.20. The van der Waals surface area contributed by atoms with Crippen LogP contribution in [0, 0.1) is 0 Å². The molecule has 2 aromatic carbocycles. The zero-order chi connectivity index (χ0) is 24.2. The number of benzene rings is 2. The van der Waals surface area contributed by atoms with Crippen LogP contribution in [-0.4, -0.2) is 68.7 Å².